The smallest absolute Gasteiger partial charge is 0.00264 e. The Morgan fingerprint density at radius 1 is 0.364 bits per heavy atom. The Morgan fingerprint density at radius 2 is 0.636 bits per heavy atom. The zero-order valence-electron chi connectivity index (χ0n) is 11.7. The van der Waals surface area contributed by atoms with Crippen LogP contribution < -0.4 is 0 Å². The van der Waals surface area contributed by atoms with Crippen LogP contribution in [0.4, 0.5) is 0 Å². The predicted molar refractivity (Wildman–Crippen MR) is 102 cm³/mol. The minimum absolute atomic E-state index is 0. The van der Waals surface area contributed by atoms with Crippen molar-refractivity contribution in [2.75, 3.05) is 0 Å². The fourth-order valence-electron chi connectivity index (χ4n) is 3.58. The second-order valence-corrected chi connectivity index (χ2v) is 5.42. The van der Waals surface area contributed by atoms with Crippen molar-refractivity contribution in [1.82, 2.24) is 0 Å². The Kier molecular flexibility index (Phi) is 3.60. The van der Waals surface area contributed by atoms with Gasteiger partial charge in [-0.2, -0.15) is 0 Å². The van der Waals surface area contributed by atoms with E-state index in [4.69, 9.17) is 0 Å². The molecule has 22 heavy (non-hydrogen) atoms. The summed E-state index contributed by atoms with van der Waals surface area (Å²) in [6, 6.07) is 26.4. The Bertz CT molecular complexity index is 927. The van der Waals surface area contributed by atoms with E-state index in [2.05, 4.69) is 72.8 Å². The highest BCUT2D eigenvalue weighted by Gasteiger charge is 2.11. The van der Waals surface area contributed by atoms with E-state index in [1.165, 1.54) is 43.1 Å². The van der Waals surface area contributed by atoms with Gasteiger partial charge in [-0.05, 0) is 43.1 Å². The Labute approximate surface area is 140 Å². The zero-order chi connectivity index (χ0) is 13.1. The molecule has 0 aliphatic rings. The summed E-state index contributed by atoms with van der Waals surface area (Å²) in [4.78, 5) is 0. The average Bonchev–Trinajstić information content (AvgIpc) is 2.52. The first-order valence-electron chi connectivity index (χ1n) is 6.98. The molecule has 0 nitrogen and oxygen atoms in total. The molecule has 0 saturated carbocycles. The quantitative estimate of drug-likeness (QED) is 0.223. The maximum atomic E-state index is 2.25. The van der Waals surface area contributed by atoms with Crippen molar-refractivity contribution in [1.29, 1.82) is 0 Å². The van der Waals surface area contributed by atoms with Gasteiger partial charge in [-0.3, -0.25) is 0 Å². The predicted octanol–water partition coefficient (Wildman–Crippen LogP) is 6.58. The summed E-state index contributed by atoms with van der Waals surface area (Å²) in [5.41, 5.74) is 0. The number of hydrogen-bond donors (Lipinski definition) is 0. The lowest BCUT2D eigenvalue weighted by molar-refractivity contribution is 1.78. The molecule has 0 atom stereocenters. The van der Waals surface area contributed by atoms with Gasteiger partial charge in [0.05, 0.1) is 0 Å². The molecule has 0 heterocycles. The van der Waals surface area contributed by atoms with Crippen molar-refractivity contribution in [3.05, 3.63) is 72.8 Å². The van der Waals surface area contributed by atoms with Gasteiger partial charge < -0.3 is 0 Å². The highest BCUT2D eigenvalue weighted by Crippen LogP contribution is 2.39. The van der Waals surface area contributed by atoms with E-state index in [0.717, 1.165) is 0 Å². The van der Waals surface area contributed by atoms with Gasteiger partial charge >= 0.3 is 0 Å². The summed E-state index contributed by atoms with van der Waals surface area (Å²) in [5, 5.41) is 10.9. The molecule has 0 N–H and O–H groups in total. The summed E-state index contributed by atoms with van der Waals surface area (Å²) in [6.07, 6.45) is 0. The second kappa shape index (κ2) is 5.31. The standard InChI is InChI=1S/C20H12.2ClH/c1-5-13-6-2-11-17-18-12-4-8-14-7-3-10-16(20(14)18)15(9-1)19(13)17;;/h1-12H;2*1H. The third-order valence-electron chi connectivity index (χ3n) is 4.39. The van der Waals surface area contributed by atoms with Gasteiger partial charge in [-0.15, -0.1) is 24.8 Å². The van der Waals surface area contributed by atoms with Crippen LogP contribution in [0.2, 0.25) is 0 Å². The van der Waals surface area contributed by atoms with Crippen molar-refractivity contribution in [2.24, 2.45) is 0 Å². The molecule has 5 rings (SSSR count). The van der Waals surface area contributed by atoms with Gasteiger partial charge in [0.25, 0.3) is 0 Å². The molecule has 0 aliphatic heterocycles. The molecule has 0 saturated heterocycles. The number of fused-ring (bicyclic) bond motifs is 2. The van der Waals surface area contributed by atoms with Crippen LogP contribution in [0.3, 0.4) is 0 Å². The summed E-state index contributed by atoms with van der Waals surface area (Å²) in [5.74, 6) is 0. The molecule has 5 aromatic rings. The van der Waals surface area contributed by atoms with Gasteiger partial charge in [0.1, 0.15) is 0 Å². The van der Waals surface area contributed by atoms with E-state index in [0.29, 0.717) is 0 Å². The highest BCUT2D eigenvalue weighted by atomic mass is 35.5. The number of benzene rings is 5. The van der Waals surface area contributed by atoms with Crippen LogP contribution >= 0.6 is 24.8 Å². The second-order valence-electron chi connectivity index (χ2n) is 5.42. The van der Waals surface area contributed by atoms with Gasteiger partial charge in [-0.25, -0.2) is 0 Å². The van der Waals surface area contributed by atoms with E-state index in [9.17, 15) is 0 Å². The minimum Gasteiger partial charge on any atom is -0.147 e. The van der Waals surface area contributed by atoms with Crippen LogP contribution in [-0.4, -0.2) is 0 Å². The van der Waals surface area contributed by atoms with Crippen molar-refractivity contribution >= 4 is 67.9 Å². The Hall–Kier alpha value is -2.02. The third-order valence-corrected chi connectivity index (χ3v) is 4.39. The van der Waals surface area contributed by atoms with E-state index < -0.39 is 0 Å². The molecule has 0 radical (unpaired) electrons. The largest absolute Gasteiger partial charge is 0.147 e. The first kappa shape index (κ1) is 14.9. The van der Waals surface area contributed by atoms with Crippen molar-refractivity contribution in [3.8, 4) is 0 Å². The minimum atomic E-state index is 0. The molecule has 0 fully saturated rings. The number of rotatable bonds is 0. The molecular formula is C20H14Cl2. The fourth-order valence-corrected chi connectivity index (χ4v) is 3.58. The van der Waals surface area contributed by atoms with Crippen LogP contribution in [0, 0.1) is 0 Å². The number of hydrogen-bond acceptors (Lipinski definition) is 0. The topological polar surface area (TPSA) is 0 Å². The lowest BCUT2D eigenvalue weighted by Crippen LogP contribution is -1.85. The van der Waals surface area contributed by atoms with E-state index in [-0.39, 0.29) is 24.8 Å². The van der Waals surface area contributed by atoms with Crippen LogP contribution in [0.5, 0.6) is 0 Å². The lowest BCUT2D eigenvalue weighted by Gasteiger charge is -2.13. The first-order valence-corrected chi connectivity index (χ1v) is 6.98. The van der Waals surface area contributed by atoms with Gasteiger partial charge in [0, 0.05) is 0 Å². The monoisotopic (exact) mass is 324 g/mol. The molecule has 0 unspecified atom stereocenters. The molecule has 108 valence electrons. The van der Waals surface area contributed by atoms with Crippen molar-refractivity contribution in [2.45, 2.75) is 0 Å². The summed E-state index contributed by atoms with van der Waals surface area (Å²) >= 11 is 0. The summed E-state index contributed by atoms with van der Waals surface area (Å²) < 4.78 is 0. The van der Waals surface area contributed by atoms with E-state index >= 15 is 0 Å². The Balaban J connectivity index is 0.000000720. The molecule has 0 bridgehead atoms. The third kappa shape index (κ3) is 1.78. The zero-order valence-corrected chi connectivity index (χ0v) is 13.4. The lowest BCUT2D eigenvalue weighted by atomic mass is 9.90. The molecule has 0 aliphatic carbocycles. The maximum absolute atomic E-state index is 2.25. The van der Waals surface area contributed by atoms with Crippen LogP contribution in [0.25, 0.3) is 43.1 Å². The molecule has 0 aromatic heterocycles. The van der Waals surface area contributed by atoms with Crippen LogP contribution in [-0.2, 0) is 0 Å². The van der Waals surface area contributed by atoms with Crippen LogP contribution in [0.1, 0.15) is 0 Å². The summed E-state index contributed by atoms with van der Waals surface area (Å²) in [7, 11) is 0. The first-order chi connectivity index (χ1) is 9.93. The van der Waals surface area contributed by atoms with Gasteiger partial charge in [0.15, 0.2) is 0 Å². The fraction of sp³-hybridized carbons (Fsp3) is 0. The van der Waals surface area contributed by atoms with Gasteiger partial charge in [-0.1, -0.05) is 72.8 Å². The molecule has 0 amide bonds. The maximum Gasteiger partial charge on any atom is -0.00264 e. The van der Waals surface area contributed by atoms with Crippen molar-refractivity contribution in [3.63, 3.8) is 0 Å². The molecule has 2 heteroatoms. The molecule has 0 spiro atoms. The highest BCUT2D eigenvalue weighted by molar-refractivity contribution is 6.32. The summed E-state index contributed by atoms with van der Waals surface area (Å²) in [6.45, 7) is 0. The SMILES string of the molecule is Cl.Cl.c1cc2cccc3c4cccc5cccc(c(c1)c23)c54. The van der Waals surface area contributed by atoms with Gasteiger partial charge in [0.2, 0.25) is 0 Å². The Morgan fingerprint density at radius 3 is 0.909 bits per heavy atom. The molecular weight excluding hydrogens is 311 g/mol. The van der Waals surface area contributed by atoms with Crippen LogP contribution in [0.15, 0.2) is 72.8 Å². The number of halogens is 2. The van der Waals surface area contributed by atoms with Crippen molar-refractivity contribution < 1.29 is 0 Å². The normalized spacial score (nSPS) is 10.9. The van der Waals surface area contributed by atoms with E-state index in [1.54, 1.807) is 0 Å². The molecule has 5 aromatic carbocycles. The van der Waals surface area contributed by atoms with E-state index in [1.807, 2.05) is 0 Å². The average molecular weight is 325 g/mol.